The molecule has 5 nitrogen and oxygen atoms in total. The van der Waals surface area contributed by atoms with Crippen LogP contribution < -0.4 is 11.1 Å². The van der Waals surface area contributed by atoms with Crippen molar-refractivity contribution in [2.45, 2.75) is 32.0 Å². The van der Waals surface area contributed by atoms with Crippen LogP contribution in [0.5, 0.6) is 0 Å². The Morgan fingerprint density at radius 2 is 2.27 bits per heavy atom. The Morgan fingerprint density at radius 3 is 2.80 bits per heavy atom. The number of primary amides is 1. The van der Waals surface area contributed by atoms with Crippen molar-refractivity contribution in [3.63, 3.8) is 0 Å². The number of carbonyl (C=O) groups excluding carboxylic acids is 1. The van der Waals surface area contributed by atoms with E-state index in [1.807, 2.05) is 6.92 Å². The van der Waals surface area contributed by atoms with Gasteiger partial charge in [0.2, 0.25) is 5.91 Å². The average molecular weight is 215 g/mol. The first-order valence-corrected chi connectivity index (χ1v) is 5.36. The lowest BCUT2D eigenvalue weighted by molar-refractivity contribution is -0.126. The van der Waals surface area contributed by atoms with E-state index in [2.05, 4.69) is 17.1 Å². The Kier molecular flexibility index (Phi) is 4.50. The second kappa shape index (κ2) is 5.44. The van der Waals surface area contributed by atoms with Crippen molar-refractivity contribution in [2.24, 2.45) is 5.73 Å². The highest BCUT2D eigenvalue weighted by Gasteiger charge is 2.32. The summed E-state index contributed by atoms with van der Waals surface area (Å²) in [5, 5.41) is 3.17. The fraction of sp³-hybridized carbons (Fsp3) is 0.900. The topological polar surface area (TPSA) is 67.6 Å². The molecule has 1 rings (SSSR count). The first-order valence-electron chi connectivity index (χ1n) is 5.36. The Morgan fingerprint density at radius 1 is 1.60 bits per heavy atom. The minimum atomic E-state index is -0.266. The number of amides is 1. The van der Waals surface area contributed by atoms with Crippen LogP contribution >= 0.6 is 0 Å². The first-order chi connectivity index (χ1) is 7.07. The lowest BCUT2D eigenvalue weighted by atomic mass is 10.1. The third-order valence-corrected chi connectivity index (χ3v) is 3.19. The summed E-state index contributed by atoms with van der Waals surface area (Å²) < 4.78 is 5.28. The number of hydrogen-bond donors (Lipinski definition) is 2. The van der Waals surface area contributed by atoms with Crippen LogP contribution in [0.3, 0.4) is 0 Å². The van der Waals surface area contributed by atoms with Crippen LogP contribution in [0.15, 0.2) is 0 Å². The zero-order valence-electron chi connectivity index (χ0n) is 9.69. The van der Waals surface area contributed by atoms with E-state index in [4.69, 9.17) is 10.5 Å². The Bertz CT molecular complexity index is 223. The van der Waals surface area contributed by atoms with Crippen molar-refractivity contribution < 1.29 is 9.53 Å². The Hall–Kier alpha value is -0.650. The Balaban J connectivity index is 2.67. The van der Waals surface area contributed by atoms with Gasteiger partial charge in [-0.3, -0.25) is 9.69 Å². The van der Waals surface area contributed by atoms with Crippen LogP contribution in [0.25, 0.3) is 0 Å². The highest BCUT2D eigenvalue weighted by atomic mass is 16.5. The third kappa shape index (κ3) is 2.90. The lowest BCUT2D eigenvalue weighted by Crippen LogP contribution is -2.61. The van der Waals surface area contributed by atoms with Gasteiger partial charge >= 0.3 is 0 Å². The standard InChI is InChI=1S/C10H21N3O2/c1-7(8(2)15-3)13-5-4-12-6-9(13)10(11)14/h7-9,12H,4-6H2,1-3H3,(H2,11,14). The van der Waals surface area contributed by atoms with Gasteiger partial charge in [-0.1, -0.05) is 0 Å². The molecule has 3 unspecified atom stereocenters. The largest absolute Gasteiger partial charge is 0.380 e. The molecule has 0 aromatic heterocycles. The zero-order valence-corrected chi connectivity index (χ0v) is 9.69. The number of piperazine rings is 1. The molecule has 0 spiro atoms. The molecule has 1 heterocycles. The van der Waals surface area contributed by atoms with Gasteiger partial charge in [-0.15, -0.1) is 0 Å². The fourth-order valence-corrected chi connectivity index (χ4v) is 1.94. The summed E-state index contributed by atoms with van der Waals surface area (Å²) in [5.74, 6) is -0.266. The molecule has 0 aromatic carbocycles. The maximum Gasteiger partial charge on any atom is 0.236 e. The SMILES string of the molecule is COC(C)C(C)N1CCNCC1C(N)=O. The van der Waals surface area contributed by atoms with Gasteiger partial charge in [-0.2, -0.15) is 0 Å². The Labute approximate surface area is 90.9 Å². The van der Waals surface area contributed by atoms with Crippen molar-refractivity contribution in [1.29, 1.82) is 0 Å². The molecule has 1 aliphatic rings. The molecule has 0 aromatic rings. The second-order valence-electron chi connectivity index (χ2n) is 4.04. The molecule has 0 bridgehead atoms. The van der Waals surface area contributed by atoms with E-state index in [-0.39, 0.29) is 24.1 Å². The molecule has 1 fully saturated rings. The number of rotatable bonds is 4. The highest BCUT2D eigenvalue weighted by molar-refractivity contribution is 5.80. The van der Waals surface area contributed by atoms with E-state index < -0.39 is 0 Å². The molecule has 5 heteroatoms. The number of methoxy groups -OCH3 is 1. The monoisotopic (exact) mass is 215 g/mol. The maximum atomic E-state index is 11.3. The van der Waals surface area contributed by atoms with Gasteiger partial charge in [-0.05, 0) is 13.8 Å². The van der Waals surface area contributed by atoms with Gasteiger partial charge in [0.25, 0.3) is 0 Å². The van der Waals surface area contributed by atoms with Gasteiger partial charge < -0.3 is 15.8 Å². The van der Waals surface area contributed by atoms with Gasteiger partial charge in [-0.25, -0.2) is 0 Å². The van der Waals surface area contributed by atoms with Crippen molar-refractivity contribution in [2.75, 3.05) is 26.7 Å². The molecule has 0 radical (unpaired) electrons. The first kappa shape index (κ1) is 12.4. The van der Waals surface area contributed by atoms with E-state index in [1.54, 1.807) is 7.11 Å². The highest BCUT2D eigenvalue weighted by Crippen LogP contribution is 2.12. The number of ether oxygens (including phenoxy) is 1. The van der Waals surface area contributed by atoms with Crippen LogP contribution in [-0.2, 0) is 9.53 Å². The van der Waals surface area contributed by atoms with E-state index in [0.717, 1.165) is 13.1 Å². The number of nitrogens with two attached hydrogens (primary N) is 1. The molecule has 3 N–H and O–H groups in total. The number of hydrogen-bond acceptors (Lipinski definition) is 4. The van der Waals surface area contributed by atoms with E-state index in [0.29, 0.717) is 6.54 Å². The average Bonchev–Trinajstić information content (AvgIpc) is 2.27. The summed E-state index contributed by atoms with van der Waals surface area (Å²) in [5.41, 5.74) is 5.38. The summed E-state index contributed by atoms with van der Waals surface area (Å²) in [7, 11) is 1.68. The molecule has 0 aliphatic carbocycles. The maximum absolute atomic E-state index is 11.3. The van der Waals surface area contributed by atoms with Gasteiger partial charge in [0.05, 0.1) is 6.10 Å². The zero-order chi connectivity index (χ0) is 11.4. The summed E-state index contributed by atoms with van der Waals surface area (Å²) >= 11 is 0. The second-order valence-corrected chi connectivity index (χ2v) is 4.04. The molecule has 15 heavy (non-hydrogen) atoms. The summed E-state index contributed by atoms with van der Waals surface area (Å²) in [6.07, 6.45) is 0.102. The molecular weight excluding hydrogens is 194 g/mol. The predicted molar refractivity (Wildman–Crippen MR) is 58.5 cm³/mol. The van der Waals surface area contributed by atoms with E-state index >= 15 is 0 Å². The fourth-order valence-electron chi connectivity index (χ4n) is 1.94. The van der Waals surface area contributed by atoms with Crippen LogP contribution in [0.1, 0.15) is 13.8 Å². The molecule has 1 amide bonds. The molecule has 0 saturated carbocycles. The normalized spacial score (nSPS) is 27.3. The smallest absolute Gasteiger partial charge is 0.236 e. The predicted octanol–water partition coefficient (Wildman–Crippen LogP) is -0.831. The molecular formula is C10H21N3O2. The third-order valence-electron chi connectivity index (χ3n) is 3.19. The molecule has 1 saturated heterocycles. The molecule has 1 aliphatic heterocycles. The molecule has 3 atom stereocenters. The summed E-state index contributed by atoms with van der Waals surface area (Å²) in [6, 6.07) is -0.0130. The van der Waals surface area contributed by atoms with Crippen LogP contribution in [0, 0.1) is 0 Å². The van der Waals surface area contributed by atoms with Gasteiger partial charge in [0.15, 0.2) is 0 Å². The van der Waals surface area contributed by atoms with Gasteiger partial charge in [0, 0.05) is 32.8 Å². The minimum Gasteiger partial charge on any atom is -0.380 e. The summed E-state index contributed by atoms with van der Waals surface area (Å²) in [4.78, 5) is 13.4. The molecule has 88 valence electrons. The van der Waals surface area contributed by atoms with Crippen LogP contribution in [0.4, 0.5) is 0 Å². The number of nitrogens with zero attached hydrogens (tertiary/aromatic N) is 1. The van der Waals surface area contributed by atoms with E-state index in [1.165, 1.54) is 0 Å². The van der Waals surface area contributed by atoms with Crippen molar-refractivity contribution in [1.82, 2.24) is 10.2 Å². The number of nitrogens with one attached hydrogen (secondary N) is 1. The van der Waals surface area contributed by atoms with Crippen molar-refractivity contribution >= 4 is 5.91 Å². The quantitative estimate of drug-likeness (QED) is 0.642. The lowest BCUT2D eigenvalue weighted by Gasteiger charge is -2.40. The van der Waals surface area contributed by atoms with Crippen molar-refractivity contribution in [3.05, 3.63) is 0 Å². The minimum absolute atomic E-state index is 0.102. The van der Waals surface area contributed by atoms with E-state index in [9.17, 15) is 4.79 Å². The van der Waals surface area contributed by atoms with Crippen molar-refractivity contribution in [3.8, 4) is 0 Å². The summed E-state index contributed by atoms with van der Waals surface area (Å²) in [6.45, 7) is 6.43. The van der Waals surface area contributed by atoms with Crippen LogP contribution in [-0.4, -0.2) is 55.7 Å². The number of carbonyl (C=O) groups is 1. The van der Waals surface area contributed by atoms with Gasteiger partial charge in [0.1, 0.15) is 6.04 Å². The van der Waals surface area contributed by atoms with Crippen LogP contribution in [0.2, 0.25) is 0 Å².